The number of aliphatic hydroxyl groups is 1. The van der Waals surface area contributed by atoms with E-state index in [0.717, 1.165) is 38.4 Å². The molecule has 0 aromatic carbocycles. The molecular formula is C11H22O2. The predicted molar refractivity (Wildman–Crippen MR) is 53.6 cm³/mol. The summed E-state index contributed by atoms with van der Waals surface area (Å²) in [6, 6.07) is 0. The molecule has 2 heteroatoms. The molecule has 1 unspecified atom stereocenters. The summed E-state index contributed by atoms with van der Waals surface area (Å²) in [4.78, 5) is 0. The molecule has 0 saturated carbocycles. The van der Waals surface area contributed by atoms with Crippen molar-refractivity contribution in [2.75, 3.05) is 19.8 Å². The van der Waals surface area contributed by atoms with Crippen LogP contribution in [-0.2, 0) is 4.74 Å². The van der Waals surface area contributed by atoms with Crippen molar-refractivity contribution in [2.24, 2.45) is 11.3 Å². The van der Waals surface area contributed by atoms with Crippen LogP contribution in [0, 0.1) is 11.3 Å². The summed E-state index contributed by atoms with van der Waals surface area (Å²) in [7, 11) is 0. The molecule has 0 amide bonds. The zero-order valence-corrected chi connectivity index (χ0v) is 8.88. The van der Waals surface area contributed by atoms with E-state index in [1.54, 1.807) is 0 Å². The van der Waals surface area contributed by atoms with Gasteiger partial charge in [-0.2, -0.15) is 0 Å². The van der Waals surface area contributed by atoms with Gasteiger partial charge in [0.2, 0.25) is 0 Å². The predicted octanol–water partition coefficient (Wildman–Crippen LogP) is 2.21. The Labute approximate surface area is 81.3 Å². The molecule has 2 nitrogen and oxygen atoms in total. The highest BCUT2D eigenvalue weighted by molar-refractivity contribution is 4.82. The Morgan fingerprint density at radius 2 is 2.00 bits per heavy atom. The van der Waals surface area contributed by atoms with Crippen molar-refractivity contribution in [3.63, 3.8) is 0 Å². The maximum Gasteiger partial charge on any atom is 0.0489 e. The van der Waals surface area contributed by atoms with E-state index in [4.69, 9.17) is 4.74 Å². The molecule has 1 N–H and O–H groups in total. The molecule has 13 heavy (non-hydrogen) atoms. The van der Waals surface area contributed by atoms with Crippen molar-refractivity contribution in [2.45, 2.75) is 39.5 Å². The first-order valence-electron chi connectivity index (χ1n) is 5.41. The van der Waals surface area contributed by atoms with Crippen LogP contribution in [0.15, 0.2) is 0 Å². The Hall–Kier alpha value is -0.0800. The van der Waals surface area contributed by atoms with E-state index in [2.05, 4.69) is 13.8 Å². The van der Waals surface area contributed by atoms with E-state index in [1.165, 1.54) is 6.42 Å². The summed E-state index contributed by atoms with van der Waals surface area (Å²) in [5.74, 6) is 0.727. The fourth-order valence-corrected chi connectivity index (χ4v) is 2.11. The fraction of sp³-hybridized carbons (Fsp3) is 1.00. The zero-order valence-electron chi connectivity index (χ0n) is 8.88. The Morgan fingerprint density at radius 1 is 1.38 bits per heavy atom. The number of aliphatic hydroxyl groups excluding tert-OH is 1. The van der Waals surface area contributed by atoms with Crippen molar-refractivity contribution >= 4 is 0 Å². The number of rotatable bonds is 4. The van der Waals surface area contributed by atoms with Gasteiger partial charge in [-0.05, 0) is 30.6 Å². The SMILES string of the molecule is CCC(C)CC1(CO)CCOCC1. The van der Waals surface area contributed by atoms with Crippen molar-refractivity contribution in [3.8, 4) is 0 Å². The van der Waals surface area contributed by atoms with Gasteiger partial charge in [0.1, 0.15) is 0 Å². The Morgan fingerprint density at radius 3 is 2.46 bits per heavy atom. The molecule has 1 aliphatic heterocycles. The van der Waals surface area contributed by atoms with Crippen molar-refractivity contribution in [1.29, 1.82) is 0 Å². The second kappa shape index (κ2) is 4.97. The van der Waals surface area contributed by atoms with Gasteiger partial charge in [-0.3, -0.25) is 0 Å². The van der Waals surface area contributed by atoms with Gasteiger partial charge in [-0.1, -0.05) is 20.3 Å². The lowest BCUT2D eigenvalue weighted by atomic mass is 9.74. The molecule has 78 valence electrons. The van der Waals surface area contributed by atoms with Crippen molar-refractivity contribution in [3.05, 3.63) is 0 Å². The van der Waals surface area contributed by atoms with Gasteiger partial charge in [-0.15, -0.1) is 0 Å². The molecule has 1 rings (SSSR count). The van der Waals surface area contributed by atoms with Gasteiger partial charge < -0.3 is 9.84 Å². The second-order valence-corrected chi connectivity index (χ2v) is 4.49. The van der Waals surface area contributed by atoms with Gasteiger partial charge >= 0.3 is 0 Å². The largest absolute Gasteiger partial charge is 0.396 e. The molecule has 0 radical (unpaired) electrons. The van der Waals surface area contributed by atoms with E-state index in [-0.39, 0.29) is 5.41 Å². The second-order valence-electron chi connectivity index (χ2n) is 4.49. The van der Waals surface area contributed by atoms with E-state index < -0.39 is 0 Å². The molecule has 1 aliphatic rings. The van der Waals surface area contributed by atoms with Crippen LogP contribution in [0.25, 0.3) is 0 Å². The Balaban J connectivity index is 2.47. The summed E-state index contributed by atoms with van der Waals surface area (Å²) >= 11 is 0. The molecule has 1 atom stereocenters. The van der Waals surface area contributed by atoms with E-state index in [9.17, 15) is 5.11 Å². The number of ether oxygens (including phenoxy) is 1. The van der Waals surface area contributed by atoms with Crippen LogP contribution in [-0.4, -0.2) is 24.9 Å². The lowest BCUT2D eigenvalue weighted by Gasteiger charge is -2.37. The van der Waals surface area contributed by atoms with E-state index in [0.29, 0.717) is 6.61 Å². The molecule has 0 spiro atoms. The molecule has 0 bridgehead atoms. The maximum absolute atomic E-state index is 9.43. The molecule has 1 fully saturated rings. The van der Waals surface area contributed by atoms with Crippen LogP contribution in [0.5, 0.6) is 0 Å². The monoisotopic (exact) mass is 186 g/mol. The van der Waals surface area contributed by atoms with Gasteiger partial charge in [0, 0.05) is 19.8 Å². The molecule has 1 heterocycles. The first-order chi connectivity index (χ1) is 6.22. The molecular weight excluding hydrogens is 164 g/mol. The Bertz CT molecular complexity index is 139. The van der Waals surface area contributed by atoms with Crippen LogP contribution < -0.4 is 0 Å². The van der Waals surface area contributed by atoms with Gasteiger partial charge in [-0.25, -0.2) is 0 Å². The number of hydrogen-bond acceptors (Lipinski definition) is 2. The van der Waals surface area contributed by atoms with Crippen LogP contribution in [0.3, 0.4) is 0 Å². The first-order valence-corrected chi connectivity index (χ1v) is 5.41. The fourth-order valence-electron chi connectivity index (χ4n) is 2.11. The van der Waals surface area contributed by atoms with E-state index >= 15 is 0 Å². The maximum atomic E-state index is 9.43. The first kappa shape index (κ1) is 11.0. The van der Waals surface area contributed by atoms with Crippen LogP contribution in [0.2, 0.25) is 0 Å². The third-order valence-corrected chi connectivity index (χ3v) is 3.37. The molecule has 0 aliphatic carbocycles. The Kier molecular flexibility index (Phi) is 4.20. The summed E-state index contributed by atoms with van der Waals surface area (Å²) in [5.41, 5.74) is 0.174. The summed E-state index contributed by atoms with van der Waals surface area (Å²) < 4.78 is 5.33. The summed E-state index contributed by atoms with van der Waals surface area (Å²) in [5, 5.41) is 9.43. The smallest absolute Gasteiger partial charge is 0.0489 e. The van der Waals surface area contributed by atoms with Crippen molar-refractivity contribution in [1.82, 2.24) is 0 Å². The summed E-state index contributed by atoms with van der Waals surface area (Å²) in [6.45, 7) is 6.48. The summed E-state index contributed by atoms with van der Waals surface area (Å²) in [6.07, 6.45) is 4.44. The average Bonchev–Trinajstić information content (AvgIpc) is 2.19. The lowest BCUT2D eigenvalue weighted by Crippen LogP contribution is -2.34. The third-order valence-electron chi connectivity index (χ3n) is 3.37. The van der Waals surface area contributed by atoms with Crippen LogP contribution in [0.4, 0.5) is 0 Å². The average molecular weight is 186 g/mol. The topological polar surface area (TPSA) is 29.5 Å². The van der Waals surface area contributed by atoms with Gasteiger partial charge in [0.05, 0.1) is 0 Å². The lowest BCUT2D eigenvalue weighted by molar-refractivity contribution is -0.0281. The minimum absolute atomic E-state index is 0.174. The van der Waals surface area contributed by atoms with Crippen molar-refractivity contribution < 1.29 is 9.84 Å². The zero-order chi connectivity index (χ0) is 9.73. The van der Waals surface area contributed by atoms with Gasteiger partial charge in [0.15, 0.2) is 0 Å². The quantitative estimate of drug-likeness (QED) is 0.729. The van der Waals surface area contributed by atoms with Gasteiger partial charge in [0.25, 0.3) is 0 Å². The van der Waals surface area contributed by atoms with Crippen LogP contribution >= 0.6 is 0 Å². The standard InChI is InChI=1S/C11H22O2/c1-3-10(2)8-11(9-12)4-6-13-7-5-11/h10,12H,3-9H2,1-2H3. The number of hydrogen-bond donors (Lipinski definition) is 1. The molecule has 1 saturated heterocycles. The minimum atomic E-state index is 0.174. The molecule has 0 aromatic rings. The third kappa shape index (κ3) is 2.96. The van der Waals surface area contributed by atoms with E-state index in [1.807, 2.05) is 0 Å². The highest BCUT2D eigenvalue weighted by atomic mass is 16.5. The minimum Gasteiger partial charge on any atom is -0.396 e. The normalized spacial score (nSPS) is 24.2. The van der Waals surface area contributed by atoms with Crippen LogP contribution in [0.1, 0.15) is 39.5 Å². The highest BCUT2D eigenvalue weighted by Crippen LogP contribution is 2.37. The molecule has 0 aromatic heterocycles. The highest BCUT2D eigenvalue weighted by Gasteiger charge is 2.32.